The van der Waals surface area contributed by atoms with Gasteiger partial charge < -0.3 is 10.6 Å². The fourth-order valence-corrected chi connectivity index (χ4v) is 3.30. The van der Waals surface area contributed by atoms with Crippen LogP contribution in [0.3, 0.4) is 0 Å². The lowest BCUT2D eigenvalue weighted by atomic mass is 9.97. The van der Waals surface area contributed by atoms with Crippen LogP contribution in [0.1, 0.15) is 49.8 Å². The number of nitrogens with one attached hydrogen (secondary N) is 2. The highest BCUT2D eigenvalue weighted by atomic mass is 32.1. The summed E-state index contributed by atoms with van der Waals surface area (Å²) in [5.74, 6) is 0. The van der Waals surface area contributed by atoms with Crippen molar-refractivity contribution >= 4 is 17.4 Å². The largest absolute Gasteiger partial charge is 0.338 e. The first-order chi connectivity index (χ1) is 9.34. The van der Waals surface area contributed by atoms with Crippen LogP contribution in [-0.4, -0.2) is 18.6 Å². The molecule has 0 saturated heterocycles. The normalized spacial score (nSPS) is 17.5. The highest BCUT2D eigenvalue weighted by Gasteiger charge is 2.13. The molecule has 0 atom stereocenters. The summed E-state index contributed by atoms with van der Waals surface area (Å²) in [4.78, 5) is 13.1. The first kappa shape index (κ1) is 14.4. The Hall–Kier alpha value is -1.03. The predicted octanol–water partition coefficient (Wildman–Crippen LogP) is 3.70. The lowest BCUT2D eigenvalue weighted by Gasteiger charge is -2.21. The van der Waals surface area contributed by atoms with Crippen LogP contribution in [0.2, 0.25) is 0 Å². The van der Waals surface area contributed by atoms with Crippen LogP contribution in [0.15, 0.2) is 17.5 Å². The van der Waals surface area contributed by atoms with E-state index < -0.39 is 0 Å². The minimum Gasteiger partial charge on any atom is -0.338 e. The molecule has 1 aromatic rings. The third kappa shape index (κ3) is 5.64. The van der Waals surface area contributed by atoms with E-state index in [-0.39, 0.29) is 6.03 Å². The number of hydrogen-bond donors (Lipinski definition) is 2. The molecule has 1 aromatic heterocycles. The molecule has 0 unspecified atom stereocenters. The number of urea groups is 1. The summed E-state index contributed by atoms with van der Waals surface area (Å²) in [6, 6.07) is 4.54. The second-order valence-corrected chi connectivity index (χ2v) is 6.30. The molecule has 4 heteroatoms. The van der Waals surface area contributed by atoms with Gasteiger partial charge in [0.05, 0.1) is 0 Å². The molecule has 3 nitrogen and oxygen atoms in total. The van der Waals surface area contributed by atoms with Crippen molar-refractivity contribution in [3.63, 3.8) is 0 Å². The lowest BCUT2D eigenvalue weighted by Crippen LogP contribution is -2.42. The molecule has 106 valence electrons. The topological polar surface area (TPSA) is 41.1 Å². The Morgan fingerprint density at radius 1 is 1.21 bits per heavy atom. The molecule has 1 fully saturated rings. The Kier molecular flexibility index (Phi) is 6.21. The number of thiophene rings is 1. The average molecular weight is 280 g/mol. The lowest BCUT2D eigenvalue weighted by molar-refractivity contribution is 0.234. The number of rotatable bonds is 4. The van der Waals surface area contributed by atoms with Crippen LogP contribution >= 0.6 is 11.3 Å². The van der Waals surface area contributed by atoms with Crippen LogP contribution in [0, 0.1) is 0 Å². The first-order valence-corrected chi connectivity index (χ1v) is 8.29. The summed E-state index contributed by atoms with van der Waals surface area (Å²) in [6.07, 6.45) is 9.70. The van der Waals surface area contributed by atoms with E-state index in [2.05, 4.69) is 28.1 Å². The summed E-state index contributed by atoms with van der Waals surface area (Å²) in [7, 11) is 0. The zero-order valence-electron chi connectivity index (χ0n) is 11.5. The Morgan fingerprint density at radius 2 is 1.95 bits per heavy atom. The molecule has 2 rings (SSSR count). The second kappa shape index (κ2) is 8.20. The van der Waals surface area contributed by atoms with E-state index >= 15 is 0 Å². The molecular formula is C15H24N2OS. The van der Waals surface area contributed by atoms with Gasteiger partial charge in [0.1, 0.15) is 0 Å². The quantitative estimate of drug-likeness (QED) is 0.867. The van der Waals surface area contributed by atoms with Gasteiger partial charge in [-0.25, -0.2) is 4.79 Å². The van der Waals surface area contributed by atoms with Crippen molar-refractivity contribution < 1.29 is 4.79 Å². The molecule has 0 aliphatic heterocycles. The van der Waals surface area contributed by atoms with E-state index in [1.54, 1.807) is 11.3 Å². The standard InChI is InChI=1S/C15H24N2OS/c18-15(16-11-10-14-9-6-12-19-14)17-13-7-4-2-1-3-5-8-13/h6,9,12-13H,1-5,7-8,10-11H2,(H2,16,17,18). The van der Waals surface area contributed by atoms with Crippen molar-refractivity contribution in [2.24, 2.45) is 0 Å². The summed E-state index contributed by atoms with van der Waals surface area (Å²) in [5.41, 5.74) is 0. The van der Waals surface area contributed by atoms with Crippen molar-refractivity contribution in [1.29, 1.82) is 0 Å². The zero-order chi connectivity index (χ0) is 13.3. The SMILES string of the molecule is O=C(NCCc1cccs1)NC1CCCCCCC1. The fraction of sp³-hybridized carbons (Fsp3) is 0.667. The van der Waals surface area contributed by atoms with E-state index in [4.69, 9.17) is 0 Å². The summed E-state index contributed by atoms with van der Waals surface area (Å²) in [6.45, 7) is 0.721. The molecule has 1 aliphatic rings. The van der Waals surface area contributed by atoms with Crippen molar-refractivity contribution in [2.45, 2.75) is 57.4 Å². The number of hydrogen-bond acceptors (Lipinski definition) is 2. The highest BCUT2D eigenvalue weighted by molar-refractivity contribution is 7.09. The molecule has 1 heterocycles. The van der Waals surface area contributed by atoms with Crippen LogP contribution in [0.4, 0.5) is 4.79 Å². The van der Waals surface area contributed by atoms with Crippen molar-refractivity contribution in [2.75, 3.05) is 6.54 Å². The molecule has 0 spiro atoms. The predicted molar refractivity (Wildman–Crippen MR) is 80.7 cm³/mol. The maximum atomic E-state index is 11.8. The Balaban J connectivity index is 1.62. The summed E-state index contributed by atoms with van der Waals surface area (Å²) in [5, 5.41) is 8.15. The molecule has 0 aromatic carbocycles. The fourth-order valence-electron chi connectivity index (χ4n) is 2.59. The molecule has 0 radical (unpaired) electrons. The molecule has 2 amide bonds. The molecule has 1 aliphatic carbocycles. The van der Waals surface area contributed by atoms with Gasteiger partial charge in [-0.1, -0.05) is 38.2 Å². The number of carbonyl (C=O) groups excluding carboxylic acids is 1. The maximum absolute atomic E-state index is 11.8. The Labute approximate surface area is 119 Å². The van der Waals surface area contributed by atoms with Gasteiger partial charge in [0.15, 0.2) is 0 Å². The summed E-state index contributed by atoms with van der Waals surface area (Å²) >= 11 is 1.74. The maximum Gasteiger partial charge on any atom is 0.315 e. The van der Waals surface area contributed by atoms with E-state index in [1.807, 2.05) is 0 Å². The second-order valence-electron chi connectivity index (χ2n) is 5.27. The minimum absolute atomic E-state index is 0.00197. The van der Waals surface area contributed by atoms with E-state index in [0.29, 0.717) is 6.04 Å². The van der Waals surface area contributed by atoms with Crippen molar-refractivity contribution in [1.82, 2.24) is 10.6 Å². The van der Waals surface area contributed by atoms with Gasteiger partial charge in [0.2, 0.25) is 0 Å². The summed E-state index contributed by atoms with van der Waals surface area (Å²) < 4.78 is 0. The van der Waals surface area contributed by atoms with Crippen LogP contribution in [0.5, 0.6) is 0 Å². The van der Waals surface area contributed by atoms with Gasteiger partial charge in [-0.05, 0) is 30.7 Å². The van der Waals surface area contributed by atoms with Crippen LogP contribution in [0.25, 0.3) is 0 Å². The molecule has 1 saturated carbocycles. The van der Waals surface area contributed by atoms with E-state index in [0.717, 1.165) is 25.8 Å². The van der Waals surface area contributed by atoms with Gasteiger partial charge in [0.25, 0.3) is 0 Å². The van der Waals surface area contributed by atoms with Gasteiger partial charge in [-0.15, -0.1) is 11.3 Å². The third-order valence-electron chi connectivity index (χ3n) is 3.68. The molecule has 0 bridgehead atoms. The number of carbonyl (C=O) groups is 1. The van der Waals surface area contributed by atoms with Gasteiger partial charge in [-0.3, -0.25) is 0 Å². The average Bonchev–Trinajstić information content (AvgIpc) is 2.85. The zero-order valence-corrected chi connectivity index (χ0v) is 12.3. The minimum atomic E-state index is 0.00197. The van der Waals surface area contributed by atoms with Gasteiger partial charge in [-0.2, -0.15) is 0 Å². The van der Waals surface area contributed by atoms with Gasteiger partial charge >= 0.3 is 6.03 Å². The van der Waals surface area contributed by atoms with Crippen molar-refractivity contribution in [3.8, 4) is 0 Å². The van der Waals surface area contributed by atoms with Crippen LogP contribution < -0.4 is 10.6 Å². The smallest absolute Gasteiger partial charge is 0.315 e. The van der Waals surface area contributed by atoms with Gasteiger partial charge in [0, 0.05) is 17.5 Å². The van der Waals surface area contributed by atoms with Crippen LogP contribution in [-0.2, 0) is 6.42 Å². The first-order valence-electron chi connectivity index (χ1n) is 7.41. The molecule has 2 N–H and O–H groups in total. The van der Waals surface area contributed by atoms with E-state index in [1.165, 1.54) is 37.0 Å². The van der Waals surface area contributed by atoms with Crippen molar-refractivity contribution in [3.05, 3.63) is 22.4 Å². The van der Waals surface area contributed by atoms with E-state index in [9.17, 15) is 4.79 Å². The third-order valence-corrected chi connectivity index (χ3v) is 4.61. The monoisotopic (exact) mass is 280 g/mol. The Bertz CT molecular complexity index is 356. The highest BCUT2D eigenvalue weighted by Crippen LogP contribution is 2.16. The Morgan fingerprint density at radius 3 is 2.63 bits per heavy atom. The molecule has 19 heavy (non-hydrogen) atoms. The number of amides is 2. The molecular weight excluding hydrogens is 256 g/mol.